The van der Waals surface area contributed by atoms with Crippen molar-refractivity contribution in [2.45, 2.75) is 18.7 Å². The Morgan fingerprint density at radius 1 is 1.23 bits per heavy atom. The van der Waals surface area contributed by atoms with Crippen LogP contribution in [0.5, 0.6) is 0 Å². The van der Waals surface area contributed by atoms with Crippen molar-refractivity contribution in [3.05, 3.63) is 35.5 Å². The molecule has 0 N–H and O–H groups in total. The average Bonchev–Trinajstić information content (AvgIpc) is 2.07. The third-order valence-electron chi connectivity index (χ3n) is 2.19. The maximum absolute atomic E-state index is 4.40. The summed E-state index contributed by atoms with van der Waals surface area (Å²) in [5.74, 6) is 0. The van der Waals surface area contributed by atoms with Gasteiger partial charge in [-0.3, -0.25) is 4.98 Å². The zero-order valence-electron chi connectivity index (χ0n) is 7.70. The standard InChI is InChI=1S/C11H11NS/c1-7-5-9-8(2)3-4-12-11(9)10(13)6-7/h3-6,13H,1-2H3. The zero-order chi connectivity index (χ0) is 9.42. The second-order valence-electron chi connectivity index (χ2n) is 3.31. The number of thiol groups is 1. The van der Waals surface area contributed by atoms with Crippen LogP contribution in [0.3, 0.4) is 0 Å². The number of aromatic nitrogens is 1. The Morgan fingerprint density at radius 3 is 2.77 bits per heavy atom. The van der Waals surface area contributed by atoms with Crippen molar-refractivity contribution in [3.8, 4) is 0 Å². The Labute approximate surface area is 83.2 Å². The lowest BCUT2D eigenvalue weighted by Gasteiger charge is -2.04. The fourth-order valence-electron chi connectivity index (χ4n) is 1.51. The van der Waals surface area contributed by atoms with E-state index in [1.807, 2.05) is 18.3 Å². The molecule has 0 fully saturated rings. The number of pyridine rings is 1. The van der Waals surface area contributed by atoms with E-state index in [4.69, 9.17) is 0 Å². The number of fused-ring (bicyclic) bond motifs is 1. The van der Waals surface area contributed by atoms with Gasteiger partial charge in [0, 0.05) is 16.5 Å². The van der Waals surface area contributed by atoms with E-state index >= 15 is 0 Å². The summed E-state index contributed by atoms with van der Waals surface area (Å²) in [4.78, 5) is 5.26. The van der Waals surface area contributed by atoms with E-state index in [1.54, 1.807) is 0 Å². The molecule has 1 aromatic carbocycles. The summed E-state index contributed by atoms with van der Waals surface area (Å²) in [6.45, 7) is 4.17. The van der Waals surface area contributed by atoms with Gasteiger partial charge in [0.25, 0.3) is 0 Å². The SMILES string of the molecule is Cc1cc(S)c2nccc(C)c2c1. The average molecular weight is 189 g/mol. The van der Waals surface area contributed by atoms with Crippen molar-refractivity contribution >= 4 is 23.5 Å². The van der Waals surface area contributed by atoms with Crippen LogP contribution in [0.2, 0.25) is 0 Å². The van der Waals surface area contributed by atoms with Gasteiger partial charge in [0.1, 0.15) is 0 Å². The minimum Gasteiger partial charge on any atom is -0.255 e. The molecule has 13 heavy (non-hydrogen) atoms. The number of rotatable bonds is 0. The van der Waals surface area contributed by atoms with Gasteiger partial charge in [-0.25, -0.2) is 0 Å². The Hall–Kier alpha value is -1.02. The Bertz CT molecular complexity index is 463. The first-order valence-corrected chi connectivity index (χ1v) is 4.68. The van der Waals surface area contributed by atoms with Crippen LogP contribution < -0.4 is 0 Å². The maximum Gasteiger partial charge on any atom is 0.0837 e. The molecule has 0 aliphatic rings. The van der Waals surface area contributed by atoms with E-state index in [0.717, 1.165) is 10.4 Å². The summed E-state index contributed by atoms with van der Waals surface area (Å²) in [6, 6.07) is 6.21. The molecule has 2 aromatic rings. The third kappa shape index (κ3) is 1.42. The maximum atomic E-state index is 4.40. The van der Waals surface area contributed by atoms with Gasteiger partial charge in [-0.15, -0.1) is 12.6 Å². The second-order valence-corrected chi connectivity index (χ2v) is 3.79. The van der Waals surface area contributed by atoms with Crippen LogP contribution in [0.15, 0.2) is 29.3 Å². The third-order valence-corrected chi connectivity index (χ3v) is 2.53. The normalized spacial score (nSPS) is 10.7. The first kappa shape index (κ1) is 8.57. The summed E-state index contributed by atoms with van der Waals surface area (Å²) in [5, 5.41) is 1.20. The van der Waals surface area contributed by atoms with Crippen LogP contribution in [0, 0.1) is 13.8 Å². The number of aryl methyl sites for hydroxylation is 2. The highest BCUT2D eigenvalue weighted by Crippen LogP contribution is 2.23. The van der Waals surface area contributed by atoms with Crippen molar-refractivity contribution in [1.82, 2.24) is 4.98 Å². The molecule has 0 aliphatic carbocycles. The highest BCUT2D eigenvalue weighted by Gasteiger charge is 2.01. The van der Waals surface area contributed by atoms with E-state index in [0.29, 0.717) is 0 Å². The Morgan fingerprint density at radius 2 is 2.00 bits per heavy atom. The lowest BCUT2D eigenvalue weighted by Crippen LogP contribution is -1.85. The first-order chi connectivity index (χ1) is 6.18. The van der Waals surface area contributed by atoms with E-state index in [-0.39, 0.29) is 0 Å². The smallest absolute Gasteiger partial charge is 0.0837 e. The Kier molecular flexibility index (Phi) is 2.00. The summed E-state index contributed by atoms with van der Waals surface area (Å²) in [6.07, 6.45) is 1.83. The number of nitrogens with zero attached hydrogens (tertiary/aromatic N) is 1. The highest BCUT2D eigenvalue weighted by atomic mass is 32.1. The van der Waals surface area contributed by atoms with Crippen LogP contribution >= 0.6 is 12.6 Å². The predicted molar refractivity (Wildman–Crippen MR) is 58.5 cm³/mol. The minimum atomic E-state index is 0.957. The van der Waals surface area contributed by atoms with Gasteiger partial charge in [0.15, 0.2) is 0 Å². The monoisotopic (exact) mass is 189 g/mol. The molecule has 0 aliphatic heterocycles. The van der Waals surface area contributed by atoms with Gasteiger partial charge >= 0.3 is 0 Å². The largest absolute Gasteiger partial charge is 0.255 e. The number of benzene rings is 1. The van der Waals surface area contributed by atoms with Crippen LogP contribution in [0.1, 0.15) is 11.1 Å². The fraction of sp³-hybridized carbons (Fsp3) is 0.182. The van der Waals surface area contributed by atoms with Gasteiger partial charge in [-0.05, 0) is 43.2 Å². The second kappa shape index (κ2) is 3.04. The van der Waals surface area contributed by atoms with Crippen LogP contribution in [-0.2, 0) is 0 Å². The van der Waals surface area contributed by atoms with Gasteiger partial charge in [-0.2, -0.15) is 0 Å². The van der Waals surface area contributed by atoms with Crippen LogP contribution in [-0.4, -0.2) is 4.98 Å². The quantitative estimate of drug-likeness (QED) is 0.628. The predicted octanol–water partition coefficient (Wildman–Crippen LogP) is 3.14. The number of hydrogen-bond acceptors (Lipinski definition) is 2. The van der Waals surface area contributed by atoms with Crippen LogP contribution in [0.4, 0.5) is 0 Å². The van der Waals surface area contributed by atoms with E-state index in [9.17, 15) is 0 Å². The molecule has 0 bridgehead atoms. The van der Waals surface area contributed by atoms with E-state index in [2.05, 4.69) is 37.5 Å². The molecule has 1 nitrogen and oxygen atoms in total. The van der Waals surface area contributed by atoms with Crippen molar-refractivity contribution in [3.63, 3.8) is 0 Å². The van der Waals surface area contributed by atoms with Crippen molar-refractivity contribution in [1.29, 1.82) is 0 Å². The molecule has 0 radical (unpaired) electrons. The van der Waals surface area contributed by atoms with E-state index in [1.165, 1.54) is 16.5 Å². The van der Waals surface area contributed by atoms with Gasteiger partial charge in [0.2, 0.25) is 0 Å². The molecule has 0 spiro atoms. The minimum absolute atomic E-state index is 0.957. The molecule has 66 valence electrons. The summed E-state index contributed by atoms with van der Waals surface area (Å²) < 4.78 is 0. The lowest BCUT2D eigenvalue weighted by atomic mass is 10.1. The van der Waals surface area contributed by atoms with Crippen LogP contribution in [0.25, 0.3) is 10.9 Å². The van der Waals surface area contributed by atoms with E-state index < -0.39 is 0 Å². The zero-order valence-corrected chi connectivity index (χ0v) is 8.60. The molecule has 0 atom stereocenters. The molecule has 2 heteroatoms. The van der Waals surface area contributed by atoms with Crippen molar-refractivity contribution < 1.29 is 0 Å². The van der Waals surface area contributed by atoms with Crippen molar-refractivity contribution in [2.24, 2.45) is 0 Å². The molecule has 0 unspecified atom stereocenters. The fourth-order valence-corrected chi connectivity index (χ4v) is 1.89. The Balaban J connectivity index is 2.94. The summed E-state index contributed by atoms with van der Waals surface area (Å²) in [5.41, 5.74) is 3.48. The molecule has 0 amide bonds. The summed E-state index contributed by atoms with van der Waals surface area (Å²) in [7, 11) is 0. The molecular weight excluding hydrogens is 178 g/mol. The van der Waals surface area contributed by atoms with Gasteiger partial charge in [-0.1, -0.05) is 0 Å². The van der Waals surface area contributed by atoms with Crippen molar-refractivity contribution in [2.75, 3.05) is 0 Å². The molecule has 0 saturated carbocycles. The molecular formula is C11H11NS. The van der Waals surface area contributed by atoms with Gasteiger partial charge in [0.05, 0.1) is 5.52 Å². The number of hydrogen-bond donors (Lipinski definition) is 1. The highest BCUT2D eigenvalue weighted by molar-refractivity contribution is 7.80. The lowest BCUT2D eigenvalue weighted by molar-refractivity contribution is 1.30. The first-order valence-electron chi connectivity index (χ1n) is 4.23. The summed E-state index contributed by atoms with van der Waals surface area (Å²) >= 11 is 4.40. The topological polar surface area (TPSA) is 12.9 Å². The molecule has 0 saturated heterocycles. The van der Waals surface area contributed by atoms with Gasteiger partial charge < -0.3 is 0 Å². The molecule has 2 rings (SSSR count). The molecule has 1 aromatic heterocycles. The molecule has 1 heterocycles.